The Balaban J connectivity index is 3.25. The molecule has 0 spiro atoms. The maximum absolute atomic E-state index is 11.6. The SMILES string of the molecule is CCCCCCCCCCC(=O)NCCC[N+](C)(C)C. The number of amides is 1. The molecule has 0 heterocycles. The zero-order chi connectivity index (χ0) is 15.3. The van der Waals surface area contributed by atoms with Gasteiger partial charge < -0.3 is 9.80 Å². The van der Waals surface area contributed by atoms with Gasteiger partial charge in [-0.15, -0.1) is 0 Å². The molecule has 3 nitrogen and oxygen atoms in total. The molecule has 0 aliphatic heterocycles. The molecule has 20 heavy (non-hydrogen) atoms. The van der Waals surface area contributed by atoms with Crippen molar-refractivity contribution in [1.29, 1.82) is 0 Å². The van der Waals surface area contributed by atoms with E-state index < -0.39 is 0 Å². The zero-order valence-electron chi connectivity index (χ0n) is 14.3. The highest BCUT2D eigenvalue weighted by Gasteiger charge is 2.06. The van der Waals surface area contributed by atoms with Crippen molar-refractivity contribution in [1.82, 2.24) is 5.32 Å². The minimum absolute atomic E-state index is 0.234. The minimum Gasteiger partial charge on any atom is -0.356 e. The Kier molecular flexibility index (Phi) is 11.8. The van der Waals surface area contributed by atoms with E-state index in [1.54, 1.807) is 0 Å². The Morgan fingerprint density at radius 1 is 0.850 bits per heavy atom. The van der Waals surface area contributed by atoms with Crippen LogP contribution in [-0.2, 0) is 4.79 Å². The van der Waals surface area contributed by atoms with Crippen molar-refractivity contribution in [2.24, 2.45) is 0 Å². The molecule has 1 N–H and O–H groups in total. The Morgan fingerprint density at radius 3 is 1.95 bits per heavy atom. The molecule has 0 aliphatic rings. The number of quaternary nitrogens is 1. The van der Waals surface area contributed by atoms with Crippen molar-refractivity contribution in [2.45, 2.75) is 71.1 Å². The van der Waals surface area contributed by atoms with Gasteiger partial charge in [0.05, 0.1) is 27.7 Å². The van der Waals surface area contributed by atoms with E-state index in [4.69, 9.17) is 0 Å². The van der Waals surface area contributed by atoms with Crippen LogP contribution in [0.2, 0.25) is 0 Å². The summed E-state index contributed by atoms with van der Waals surface area (Å²) in [6.07, 6.45) is 12.1. The number of unbranched alkanes of at least 4 members (excludes halogenated alkanes) is 7. The maximum Gasteiger partial charge on any atom is 0.219 e. The van der Waals surface area contributed by atoms with Crippen molar-refractivity contribution >= 4 is 5.91 Å². The second-order valence-electron chi connectivity index (χ2n) is 6.94. The first-order valence-electron chi connectivity index (χ1n) is 8.53. The van der Waals surface area contributed by atoms with Crippen LogP contribution in [0.4, 0.5) is 0 Å². The Labute approximate surface area is 126 Å². The smallest absolute Gasteiger partial charge is 0.219 e. The first-order chi connectivity index (χ1) is 9.45. The predicted octanol–water partition coefficient (Wildman–Crippen LogP) is 3.73. The number of hydrogen-bond donors (Lipinski definition) is 1. The Morgan fingerprint density at radius 2 is 1.40 bits per heavy atom. The number of nitrogens with zero attached hydrogens (tertiary/aromatic N) is 1. The summed E-state index contributed by atoms with van der Waals surface area (Å²) in [6.45, 7) is 4.18. The molecule has 0 aliphatic carbocycles. The largest absolute Gasteiger partial charge is 0.356 e. The van der Waals surface area contributed by atoms with E-state index in [1.807, 2.05) is 0 Å². The molecule has 1 amide bonds. The third-order valence-corrected chi connectivity index (χ3v) is 3.59. The third-order valence-electron chi connectivity index (χ3n) is 3.59. The summed E-state index contributed by atoms with van der Waals surface area (Å²) in [7, 11) is 6.55. The van der Waals surface area contributed by atoms with Gasteiger partial charge in [-0.3, -0.25) is 4.79 Å². The maximum atomic E-state index is 11.6. The molecule has 0 unspecified atom stereocenters. The average Bonchev–Trinajstić information content (AvgIpc) is 2.37. The fourth-order valence-corrected chi connectivity index (χ4v) is 2.29. The van der Waals surface area contributed by atoms with E-state index in [9.17, 15) is 4.79 Å². The first-order valence-corrected chi connectivity index (χ1v) is 8.53. The van der Waals surface area contributed by atoms with E-state index in [2.05, 4.69) is 33.4 Å². The zero-order valence-corrected chi connectivity index (χ0v) is 14.3. The third kappa shape index (κ3) is 15.5. The highest BCUT2D eigenvalue weighted by Crippen LogP contribution is 2.09. The number of rotatable bonds is 13. The van der Waals surface area contributed by atoms with Crippen LogP contribution in [-0.4, -0.2) is 44.6 Å². The lowest BCUT2D eigenvalue weighted by Gasteiger charge is -2.23. The van der Waals surface area contributed by atoms with Crippen molar-refractivity contribution in [3.8, 4) is 0 Å². The van der Waals surface area contributed by atoms with Crippen molar-refractivity contribution in [3.05, 3.63) is 0 Å². The molecular weight excluding hydrogens is 248 g/mol. The van der Waals surface area contributed by atoms with Gasteiger partial charge in [-0.05, 0) is 6.42 Å². The Bertz CT molecular complexity index is 234. The fraction of sp³-hybridized carbons (Fsp3) is 0.941. The van der Waals surface area contributed by atoms with Gasteiger partial charge in [0.2, 0.25) is 5.91 Å². The molecule has 0 aromatic rings. The fourth-order valence-electron chi connectivity index (χ4n) is 2.29. The second kappa shape index (κ2) is 12.2. The topological polar surface area (TPSA) is 29.1 Å². The van der Waals surface area contributed by atoms with E-state index in [0.29, 0.717) is 6.42 Å². The lowest BCUT2D eigenvalue weighted by atomic mass is 10.1. The van der Waals surface area contributed by atoms with Gasteiger partial charge in [-0.1, -0.05) is 51.9 Å². The molecule has 0 aromatic heterocycles. The number of carbonyl (C=O) groups excluding carboxylic acids is 1. The molecule has 0 bridgehead atoms. The van der Waals surface area contributed by atoms with Crippen molar-refractivity contribution < 1.29 is 9.28 Å². The molecule has 0 saturated carbocycles. The number of nitrogens with one attached hydrogen (secondary N) is 1. The normalized spacial score (nSPS) is 11.6. The van der Waals surface area contributed by atoms with E-state index in [-0.39, 0.29) is 5.91 Å². The minimum atomic E-state index is 0.234. The van der Waals surface area contributed by atoms with Crippen LogP contribution >= 0.6 is 0 Å². The molecular formula is C17H37N2O+. The molecule has 0 rings (SSSR count). The molecule has 0 saturated heterocycles. The van der Waals surface area contributed by atoms with Crippen LogP contribution < -0.4 is 5.32 Å². The summed E-state index contributed by atoms with van der Waals surface area (Å²) in [5, 5.41) is 3.03. The average molecular weight is 285 g/mol. The molecule has 0 atom stereocenters. The monoisotopic (exact) mass is 285 g/mol. The first kappa shape index (κ1) is 19.4. The highest BCUT2D eigenvalue weighted by molar-refractivity contribution is 5.75. The molecule has 0 fully saturated rings. The van der Waals surface area contributed by atoms with Gasteiger partial charge in [0.25, 0.3) is 0 Å². The second-order valence-corrected chi connectivity index (χ2v) is 6.94. The van der Waals surface area contributed by atoms with Gasteiger partial charge in [0, 0.05) is 19.4 Å². The van der Waals surface area contributed by atoms with Gasteiger partial charge in [0.1, 0.15) is 0 Å². The van der Waals surface area contributed by atoms with Crippen LogP contribution in [0.1, 0.15) is 71.1 Å². The van der Waals surface area contributed by atoms with Crippen LogP contribution in [0.5, 0.6) is 0 Å². The number of carbonyl (C=O) groups is 1. The lowest BCUT2D eigenvalue weighted by Crippen LogP contribution is -2.37. The molecule has 0 radical (unpaired) electrons. The summed E-state index contributed by atoms with van der Waals surface area (Å²) in [4.78, 5) is 11.6. The van der Waals surface area contributed by atoms with Crippen molar-refractivity contribution in [3.63, 3.8) is 0 Å². The summed E-state index contributed by atoms with van der Waals surface area (Å²) in [5.74, 6) is 0.234. The molecule has 120 valence electrons. The standard InChI is InChI=1S/C17H36N2O/c1-5-6-7-8-9-10-11-12-14-17(20)18-15-13-16-19(2,3)4/h5-16H2,1-4H3/p+1. The summed E-state index contributed by atoms with van der Waals surface area (Å²) in [6, 6.07) is 0. The van der Waals surface area contributed by atoms with Gasteiger partial charge in [-0.2, -0.15) is 0 Å². The van der Waals surface area contributed by atoms with Crippen LogP contribution in [0.3, 0.4) is 0 Å². The van der Waals surface area contributed by atoms with E-state index in [0.717, 1.165) is 30.4 Å². The van der Waals surface area contributed by atoms with E-state index >= 15 is 0 Å². The van der Waals surface area contributed by atoms with Crippen LogP contribution in [0.25, 0.3) is 0 Å². The quantitative estimate of drug-likeness (QED) is 0.405. The molecule has 3 heteroatoms. The van der Waals surface area contributed by atoms with Gasteiger partial charge >= 0.3 is 0 Å². The Hall–Kier alpha value is -0.570. The van der Waals surface area contributed by atoms with Crippen molar-refractivity contribution in [2.75, 3.05) is 34.2 Å². The highest BCUT2D eigenvalue weighted by atomic mass is 16.1. The summed E-state index contributed by atoms with van der Waals surface area (Å²) >= 11 is 0. The molecule has 0 aromatic carbocycles. The predicted molar refractivity (Wildman–Crippen MR) is 87.8 cm³/mol. The van der Waals surface area contributed by atoms with Crippen LogP contribution in [0, 0.1) is 0 Å². The van der Waals surface area contributed by atoms with E-state index in [1.165, 1.54) is 44.9 Å². The number of hydrogen-bond acceptors (Lipinski definition) is 1. The lowest BCUT2D eigenvalue weighted by molar-refractivity contribution is -0.870. The summed E-state index contributed by atoms with van der Waals surface area (Å²) in [5.41, 5.74) is 0. The van der Waals surface area contributed by atoms with Gasteiger partial charge in [-0.25, -0.2) is 0 Å². The summed E-state index contributed by atoms with van der Waals surface area (Å²) < 4.78 is 0.966. The van der Waals surface area contributed by atoms with Gasteiger partial charge in [0.15, 0.2) is 0 Å². The van der Waals surface area contributed by atoms with Crippen LogP contribution in [0.15, 0.2) is 0 Å².